The molecule has 0 radical (unpaired) electrons. The van der Waals surface area contributed by atoms with Gasteiger partial charge in [-0.25, -0.2) is 13.1 Å². The minimum Gasteiger partial charge on any atom is -0.480 e. The summed E-state index contributed by atoms with van der Waals surface area (Å²) in [6, 6.07) is 0. The highest BCUT2D eigenvalue weighted by atomic mass is 32.2. The average molecular weight is 279 g/mol. The molecule has 0 aliphatic heterocycles. The molecule has 0 heterocycles. The van der Waals surface area contributed by atoms with Crippen LogP contribution in [0, 0.1) is 5.92 Å². The van der Waals surface area contributed by atoms with Crippen molar-refractivity contribution in [1.82, 2.24) is 4.72 Å². The number of sulfonamides is 1. The molecule has 106 valence electrons. The Morgan fingerprint density at radius 1 is 1.39 bits per heavy atom. The molecule has 0 bridgehead atoms. The number of rotatable bonds is 6. The van der Waals surface area contributed by atoms with Gasteiger partial charge >= 0.3 is 5.97 Å². The molecule has 0 aromatic heterocycles. The summed E-state index contributed by atoms with van der Waals surface area (Å²) < 4.78 is 24.9. The summed E-state index contributed by atoms with van der Waals surface area (Å²) >= 11 is 0. The topological polar surface area (TPSA) is 104 Å². The Kier molecular flexibility index (Phi) is 5.12. The second-order valence-electron chi connectivity index (χ2n) is 5.05. The molecule has 0 aromatic rings. The lowest BCUT2D eigenvalue weighted by Crippen LogP contribution is -2.46. The van der Waals surface area contributed by atoms with E-state index < -0.39 is 27.3 Å². The Hall–Kier alpha value is -0.660. The van der Waals surface area contributed by atoms with E-state index in [1.807, 2.05) is 0 Å². The van der Waals surface area contributed by atoms with Gasteiger partial charge in [-0.1, -0.05) is 13.3 Å². The first-order valence-electron chi connectivity index (χ1n) is 6.18. The molecule has 0 atom stereocenters. The molecule has 1 rings (SSSR count). The fourth-order valence-corrected chi connectivity index (χ4v) is 3.17. The van der Waals surface area contributed by atoms with Crippen LogP contribution < -0.4 is 4.72 Å². The van der Waals surface area contributed by atoms with E-state index in [-0.39, 0.29) is 6.54 Å². The summed E-state index contributed by atoms with van der Waals surface area (Å²) in [5.41, 5.74) is -1.03. The summed E-state index contributed by atoms with van der Waals surface area (Å²) in [6.45, 7) is 2.00. The number of carbonyl (C=O) groups is 1. The van der Waals surface area contributed by atoms with Crippen molar-refractivity contribution in [2.45, 2.75) is 44.6 Å². The van der Waals surface area contributed by atoms with E-state index >= 15 is 0 Å². The van der Waals surface area contributed by atoms with E-state index in [9.17, 15) is 18.3 Å². The van der Waals surface area contributed by atoms with Gasteiger partial charge in [0.1, 0.15) is 0 Å². The Morgan fingerprint density at radius 2 is 1.94 bits per heavy atom. The van der Waals surface area contributed by atoms with E-state index in [1.165, 1.54) is 0 Å². The maximum absolute atomic E-state index is 11.3. The predicted octanol–water partition coefficient (Wildman–Crippen LogP) is 0.322. The molecule has 0 aromatic carbocycles. The van der Waals surface area contributed by atoms with Crippen molar-refractivity contribution in [3.63, 3.8) is 0 Å². The third kappa shape index (κ3) is 4.91. The lowest BCUT2D eigenvalue weighted by molar-refractivity contribution is -0.134. The number of hydrogen-bond acceptors (Lipinski definition) is 4. The van der Waals surface area contributed by atoms with Crippen LogP contribution in [0.1, 0.15) is 39.0 Å². The van der Waals surface area contributed by atoms with Crippen LogP contribution in [0.25, 0.3) is 0 Å². The van der Waals surface area contributed by atoms with E-state index in [4.69, 9.17) is 5.11 Å². The van der Waals surface area contributed by atoms with Gasteiger partial charge in [-0.2, -0.15) is 0 Å². The molecule has 1 aliphatic carbocycles. The van der Waals surface area contributed by atoms with Crippen molar-refractivity contribution < 1.29 is 23.4 Å². The van der Waals surface area contributed by atoms with Crippen molar-refractivity contribution >= 4 is 16.0 Å². The van der Waals surface area contributed by atoms with Crippen LogP contribution in [0.4, 0.5) is 0 Å². The standard InChI is InChI=1S/C11H21NO5S/c1-2-9-3-5-11(15,6-4-9)8-12-18(16,17)7-10(13)14/h9,12,15H,2-8H2,1H3,(H,13,14). The summed E-state index contributed by atoms with van der Waals surface area (Å²) in [6.07, 6.45) is 3.95. The average Bonchev–Trinajstić information content (AvgIpc) is 2.26. The van der Waals surface area contributed by atoms with E-state index in [0.717, 1.165) is 19.3 Å². The van der Waals surface area contributed by atoms with Crippen LogP contribution in [0.3, 0.4) is 0 Å². The Balaban J connectivity index is 2.46. The van der Waals surface area contributed by atoms with Gasteiger partial charge in [0.2, 0.25) is 10.0 Å². The van der Waals surface area contributed by atoms with Gasteiger partial charge in [0.25, 0.3) is 0 Å². The molecule has 0 amide bonds. The van der Waals surface area contributed by atoms with Gasteiger partial charge in [0, 0.05) is 6.54 Å². The number of hydrogen-bond donors (Lipinski definition) is 3. The predicted molar refractivity (Wildman–Crippen MR) is 66.6 cm³/mol. The fraction of sp³-hybridized carbons (Fsp3) is 0.909. The van der Waals surface area contributed by atoms with Gasteiger partial charge in [-0.05, 0) is 31.6 Å². The SMILES string of the molecule is CCC1CCC(O)(CNS(=O)(=O)CC(=O)O)CC1. The molecule has 1 saturated carbocycles. The monoisotopic (exact) mass is 279 g/mol. The Morgan fingerprint density at radius 3 is 2.39 bits per heavy atom. The summed E-state index contributed by atoms with van der Waals surface area (Å²) in [7, 11) is -3.85. The number of aliphatic hydroxyl groups is 1. The minimum atomic E-state index is -3.85. The van der Waals surface area contributed by atoms with Crippen LogP contribution in [0.5, 0.6) is 0 Å². The smallest absolute Gasteiger partial charge is 0.320 e. The molecule has 0 unspecified atom stereocenters. The summed E-state index contributed by atoms with van der Waals surface area (Å²) in [5.74, 6) is -1.76. The third-order valence-electron chi connectivity index (χ3n) is 3.55. The van der Waals surface area contributed by atoms with Gasteiger partial charge in [-0.3, -0.25) is 4.79 Å². The molecule has 1 fully saturated rings. The highest BCUT2D eigenvalue weighted by Gasteiger charge is 2.33. The van der Waals surface area contributed by atoms with Gasteiger partial charge in [0.05, 0.1) is 5.60 Å². The summed E-state index contributed by atoms with van der Waals surface area (Å²) in [4.78, 5) is 10.3. The molecule has 18 heavy (non-hydrogen) atoms. The van der Waals surface area contributed by atoms with Gasteiger partial charge in [-0.15, -0.1) is 0 Å². The van der Waals surface area contributed by atoms with Gasteiger partial charge in [0.15, 0.2) is 5.75 Å². The van der Waals surface area contributed by atoms with Crippen LogP contribution in [0.15, 0.2) is 0 Å². The zero-order valence-electron chi connectivity index (χ0n) is 10.6. The van der Waals surface area contributed by atoms with E-state index in [2.05, 4.69) is 11.6 Å². The largest absolute Gasteiger partial charge is 0.480 e. The molecular weight excluding hydrogens is 258 g/mol. The molecule has 6 nitrogen and oxygen atoms in total. The maximum atomic E-state index is 11.3. The number of carboxylic acid groups (broad SMARTS) is 1. The first-order chi connectivity index (χ1) is 8.26. The molecule has 0 spiro atoms. The van der Waals surface area contributed by atoms with E-state index in [0.29, 0.717) is 18.8 Å². The third-order valence-corrected chi connectivity index (χ3v) is 4.76. The zero-order chi connectivity index (χ0) is 13.8. The van der Waals surface area contributed by atoms with Crippen molar-refractivity contribution in [2.24, 2.45) is 5.92 Å². The van der Waals surface area contributed by atoms with E-state index in [1.54, 1.807) is 0 Å². The summed E-state index contributed by atoms with van der Waals surface area (Å²) in [5, 5.41) is 18.6. The second kappa shape index (κ2) is 5.99. The Bertz CT molecular complexity index is 384. The number of nitrogens with one attached hydrogen (secondary N) is 1. The first-order valence-corrected chi connectivity index (χ1v) is 7.83. The second-order valence-corrected chi connectivity index (χ2v) is 6.86. The van der Waals surface area contributed by atoms with Crippen LogP contribution in [0.2, 0.25) is 0 Å². The maximum Gasteiger partial charge on any atom is 0.320 e. The number of aliphatic carboxylic acids is 1. The number of carboxylic acids is 1. The molecular formula is C11H21NO5S. The molecule has 3 N–H and O–H groups in total. The minimum absolute atomic E-state index is 0.0982. The van der Waals surface area contributed by atoms with Crippen molar-refractivity contribution in [2.75, 3.05) is 12.3 Å². The highest BCUT2D eigenvalue weighted by Crippen LogP contribution is 2.33. The highest BCUT2D eigenvalue weighted by molar-refractivity contribution is 7.90. The van der Waals surface area contributed by atoms with Crippen LogP contribution in [-0.4, -0.2) is 42.5 Å². The quantitative estimate of drug-likeness (QED) is 0.649. The van der Waals surface area contributed by atoms with Crippen molar-refractivity contribution in [3.8, 4) is 0 Å². The fourth-order valence-electron chi connectivity index (χ4n) is 2.26. The zero-order valence-corrected chi connectivity index (χ0v) is 11.4. The molecule has 7 heteroatoms. The van der Waals surface area contributed by atoms with Crippen LogP contribution in [-0.2, 0) is 14.8 Å². The molecule has 1 aliphatic rings. The van der Waals surface area contributed by atoms with Crippen molar-refractivity contribution in [1.29, 1.82) is 0 Å². The normalized spacial score (nSPS) is 29.1. The van der Waals surface area contributed by atoms with Crippen molar-refractivity contribution in [3.05, 3.63) is 0 Å². The van der Waals surface area contributed by atoms with Gasteiger partial charge < -0.3 is 10.2 Å². The molecule has 0 saturated heterocycles. The lowest BCUT2D eigenvalue weighted by atomic mass is 9.78. The Labute approximate surface area is 107 Å². The first kappa shape index (κ1) is 15.4. The van der Waals surface area contributed by atoms with Crippen LogP contribution >= 0.6 is 0 Å². The lowest BCUT2D eigenvalue weighted by Gasteiger charge is -2.35.